The molecule has 1 fully saturated rings. The number of nitrogen functional groups attached to an aromatic ring is 1. The summed E-state index contributed by atoms with van der Waals surface area (Å²) >= 11 is 0. The molecule has 1 unspecified atom stereocenters. The van der Waals surface area contributed by atoms with Gasteiger partial charge in [-0.05, 0) is 46.0 Å². The van der Waals surface area contributed by atoms with E-state index in [0.717, 1.165) is 19.5 Å². The second-order valence-electron chi connectivity index (χ2n) is 5.36. The monoisotopic (exact) mass is 251 g/mol. The second-order valence-corrected chi connectivity index (χ2v) is 5.36. The van der Waals surface area contributed by atoms with Crippen LogP contribution in [0, 0.1) is 0 Å². The van der Waals surface area contributed by atoms with Crippen LogP contribution in [-0.4, -0.2) is 58.8 Å². The van der Waals surface area contributed by atoms with Gasteiger partial charge in [-0.15, -0.1) is 0 Å². The summed E-state index contributed by atoms with van der Waals surface area (Å²) in [5.41, 5.74) is 5.60. The van der Waals surface area contributed by atoms with Crippen molar-refractivity contribution in [1.29, 1.82) is 0 Å². The van der Waals surface area contributed by atoms with Crippen LogP contribution < -0.4 is 5.73 Å². The van der Waals surface area contributed by atoms with Gasteiger partial charge in [-0.3, -0.25) is 9.58 Å². The molecule has 102 valence electrons. The van der Waals surface area contributed by atoms with Crippen molar-refractivity contribution in [2.75, 3.05) is 39.0 Å². The highest BCUT2D eigenvalue weighted by molar-refractivity contribution is 5.23. The van der Waals surface area contributed by atoms with E-state index in [9.17, 15) is 0 Å². The fourth-order valence-corrected chi connectivity index (χ4v) is 2.69. The van der Waals surface area contributed by atoms with Crippen molar-refractivity contribution in [3.63, 3.8) is 0 Å². The van der Waals surface area contributed by atoms with Gasteiger partial charge in [-0.1, -0.05) is 0 Å². The van der Waals surface area contributed by atoms with Crippen LogP contribution in [0.4, 0.5) is 5.82 Å². The number of nitrogens with zero attached hydrogens (tertiary/aromatic N) is 4. The van der Waals surface area contributed by atoms with Crippen molar-refractivity contribution in [3.8, 4) is 0 Å². The molecule has 0 bridgehead atoms. The highest BCUT2D eigenvalue weighted by Crippen LogP contribution is 2.09. The molecule has 5 heteroatoms. The maximum Gasteiger partial charge on any atom is 0.145 e. The number of nitrogens with two attached hydrogens (primary N) is 1. The molecule has 0 aliphatic carbocycles. The van der Waals surface area contributed by atoms with Crippen molar-refractivity contribution in [2.24, 2.45) is 0 Å². The average Bonchev–Trinajstić information content (AvgIpc) is 2.65. The molecule has 1 atom stereocenters. The Morgan fingerprint density at radius 2 is 2.22 bits per heavy atom. The lowest BCUT2D eigenvalue weighted by atomic mass is 10.2. The highest BCUT2D eigenvalue weighted by atomic mass is 15.3. The van der Waals surface area contributed by atoms with Gasteiger partial charge in [0.2, 0.25) is 0 Å². The minimum atomic E-state index is 0.611. The molecule has 2 heterocycles. The van der Waals surface area contributed by atoms with E-state index in [-0.39, 0.29) is 0 Å². The fraction of sp³-hybridized carbons (Fsp3) is 0.769. The van der Waals surface area contributed by atoms with Crippen molar-refractivity contribution >= 4 is 5.82 Å². The Labute approximate surface area is 110 Å². The highest BCUT2D eigenvalue weighted by Gasteiger charge is 2.18. The standard InChI is InChI=1S/C13H25N5/c1-12-11-16(2)6-3-7-17(12)8-4-9-18-10-5-13(14)15-18/h5,10,12H,3-4,6-9,11H2,1-2H3,(H2,14,15). The molecule has 1 aromatic rings. The summed E-state index contributed by atoms with van der Waals surface area (Å²) in [6.45, 7) is 8.04. The van der Waals surface area contributed by atoms with Gasteiger partial charge >= 0.3 is 0 Å². The summed E-state index contributed by atoms with van der Waals surface area (Å²) < 4.78 is 1.93. The number of hydrogen-bond acceptors (Lipinski definition) is 4. The first-order valence-electron chi connectivity index (χ1n) is 6.86. The van der Waals surface area contributed by atoms with E-state index in [1.54, 1.807) is 0 Å². The quantitative estimate of drug-likeness (QED) is 0.863. The first-order chi connectivity index (χ1) is 8.65. The summed E-state index contributed by atoms with van der Waals surface area (Å²) in [6, 6.07) is 2.50. The van der Waals surface area contributed by atoms with Crippen molar-refractivity contribution in [1.82, 2.24) is 19.6 Å². The zero-order valence-electron chi connectivity index (χ0n) is 11.5. The zero-order valence-corrected chi connectivity index (χ0v) is 11.5. The molecule has 1 aliphatic heterocycles. The van der Waals surface area contributed by atoms with Crippen LogP contribution in [-0.2, 0) is 6.54 Å². The van der Waals surface area contributed by atoms with Gasteiger partial charge in [0.25, 0.3) is 0 Å². The van der Waals surface area contributed by atoms with Crippen LogP contribution in [0.1, 0.15) is 19.8 Å². The molecule has 1 aromatic heterocycles. The molecule has 0 aromatic carbocycles. The molecule has 2 N–H and O–H groups in total. The molecule has 0 amide bonds. The lowest BCUT2D eigenvalue weighted by Crippen LogP contribution is -2.38. The summed E-state index contributed by atoms with van der Waals surface area (Å²) in [5.74, 6) is 0.611. The lowest BCUT2D eigenvalue weighted by molar-refractivity contribution is 0.196. The Morgan fingerprint density at radius 1 is 1.39 bits per heavy atom. The van der Waals surface area contributed by atoms with Crippen molar-refractivity contribution in [2.45, 2.75) is 32.4 Å². The molecule has 5 nitrogen and oxygen atoms in total. The molecular weight excluding hydrogens is 226 g/mol. The minimum Gasteiger partial charge on any atom is -0.382 e. The fourth-order valence-electron chi connectivity index (χ4n) is 2.69. The van der Waals surface area contributed by atoms with Gasteiger partial charge in [-0.2, -0.15) is 5.10 Å². The van der Waals surface area contributed by atoms with Crippen LogP contribution in [0.3, 0.4) is 0 Å². The molecule has 1 saturated heterocycles. The largest absolute Gasteiger partial charge is 0.382 e. The van der Waals surface area contributed by atoms with E-state index in [2.05, 4.69) is 28.9 Å². The summed E-state index contributed by atoms with van der Waals surface area (Å²) in [7, 11) is 2.21. The third kappa shape index (κ3) is 3.71. The first-order valence-corrected chi connectivity index (χ1v) is 6.86. The smallest absolute Gasteiger partial charge is 0.145 e. The van der Waals surface area contributed by atoms with Gasteiger partial charge in [-0.25, -0.2) is 0 Å². The number of anilines is 1. The van der Waals surface area contributed by atoms with Crippen molar-refractivity contribution in [3.05, 3.63) is 12.3 Å². The number of aryl methyl sites for hydroxylation is 1. The van der Waals surface area contributed by atoms with E-state index >= 15 is 0 Å². The average molecular weight is 251 g/mol. The third-order valence-corrected chi connectivity index (χ3v) is 3.68. The number of hydrogen-bond donors (Lipinski definition) is 1. The van der Waals surface area contributed by atoms with Gasteiger partial charge in [0, 0.05) is 31.9 Å². The molecule has 1 aliphatic rings. The zero-order chi connectivity index (χ0) is 13.0. The first kappa shape index (κ1) is 13.4. The van der Waals surface area contributed by atoms with Crippen molar-refractivity contribution < 1.29 is 0 Å². The van der Waals surface area contributed by atoms with E-state index in [1.807, 2.05) is 16.9 Å². The number of aromatic nitrogens is 2. The van der Waals surface area contributed by atoms with Crippen LogP contribution >= 0.6 is 0 Å². The van der Waals surface area contributed by atoms with Gasteiger partial charge < -0.3 is 10.6 Å². The number of rotatable bonds is 4. The van der Waals surface area contributed by atoms with Crippen LogP contribution in [0.2, 0.25) is 0 Å². The lowest BCUT2D eigenvalue weighted by Gasteiger charge is -2.27. The Hall–Kier alpha value is -1.07. The Balaban J connectivity index is 1.75. The van der Waals surface area contributed by atoms with E-state index in [1.165, 1.54) is 26.1 Å². The molecule has 18 heavy (non-hydrogen) atoms. The predicted octanol–water partition coefficient (Wildman–Crippen LogP) is 0.881. The van der Waals surface area contributed by atoms with Crippen LogP contribution in [0.5, 0.6) is 0 Å². The predicted molar refractivity (Wildman–Crippen MR) is 74.4 cm³/mol. The summed E-state index contributed by atoms with van der Waals surface area (Å²) in [5, 5.41) is 4.21. The topological polar surface area (TPSA) is 50.3 Å². The second kappa shape index (κ2) is 6.20. The maximum absolute atomic E-state index is 5.60. The van der Waals surface area contributed by atoms with Gasteiger partial charge in [0.15, 0.2) is 0 Å². The summed E-state index contributed by atoms with van der Waals surface area (Å²) in [6.07, 6.45) is 4.36. The number of likely N-dealkylation sites (N-methyl/N-ethyl adjacent to an activating group) is 1. The SMILES string of the molecule is CC1CN(C)CCCN1CCCn1ccc(N)n1. The molecule has 0 radical (unpaired) electrons. The Kier molecular flexibility index (Phi) is 4.60. The normalized spacial score (nSPS) is 23.1. The summed E-state index contributed by atoms with van der Waals surface area (Å²) in [4.78, 5) is 5.02. The van der Waals surface area contributed by atoms with E-state index in [0.29, 0.717) is 11.9 Å². The molecular formula is C13H25N5. The molecule has 0 spiro atoms. The van der Waals surface area contributed by atoms with Gasteiger partial charge in [0.05, 0.1) is 0 Å². The molecule has 0 saturated carbocycles. The molecule has 2 rings (SSSR count). The van der Waals surface area contributed by atoms with Crippen LogP contribution in [0.25, 0.3) is 0 Å². The Morgan fingerprint density at radius 3 is 2.94 bits per heavy atom. The third-order valence-electron chi connectivity index (χ3n) is 3.68. The Bertz CT molecular complexity index is 362. The van der Waals surface area contributed by atoms with Gasteiger partial charge in [0.1, 0.15) is 5.82 Å². The minimum absolute atomic E-state index is 0.611. The van der Waals surface area contributed by atoms with Crippen LogP contribution in [0.15, 0.2) is 12.3 Å². The van der Waals surface area contributed by atoms with E-state index < -0.39 is 0 Å². The van der Waals surface area contributed by atoms with E-state index in [4.69, 9.17) is 5.73 Å². The maximum atomic E-state index is 5.60.